The molecule has 0 bridgehead atoms. The number of ether oxygens (including phenoxy) is 2. The number of carbonyl (C=O) groups is 2. The van der Waals surface area contributed by atoms with Gasteiger partial charge < -0.3 is 19.9 Å². The Kier molecular flexibility index (Phi) is 5.64. The second-order valence-corrected chi connectivity index (χ2v) is 5.76. The molecule has 1 amide bonds. The number of hydrogen-bond donors (Lipinski definition) is 2. The molecule has 6 nitrogen and oxygen atoms in total. The summed E-state index contributed by atoms with van der Waals surface area (Å²) in [4.78, 5) is 24.4. The van der Waals surface area contributed by atoms with Crippen molar-refractivity contribution >= 4 is 17.6 Å². The minimum absolute atomic E-state index is 0.0124. The number of carbonyl (C=O) groups excluding carboxylic acids is 2. The molecule has 0 heterocycles. The fraction of sp³-hybridized carbons (Fsp3) is 0.263. The molecule has 0 aromatic heterocycles. The van der Waals surface area contributed by atoms with Gasteiger partial charge in [-0.05, 0) is 56.2 Å². The van der Waals surface area contributed by atoms with E-state index in [0.29, 0.717) is 11.4 Å². The first kappa shape index (κ1) is 18.3. The third kappa shape index (κ3) is 4.50. The average molecular weight is 343 g/mol. The number of benzene rings is 2. The van der Waals surface area contributed by atoms with E-state index in [0.717, 1.165) is 11.1 Å². The Bertz CT molecular complexity index is 800. The summed E-state index contributed by atoms with van der Waals surface area (Å²) < 4.78 is 10.3. The number of aryl methyl sites for hydroxylation is 2. The predicted octanol–water partition coefficient (Wildman–Crippen LogP) is 3.20. The lowest BCUT2D eigenvalue weighted by Gasteiger charge is -2.16. The van der Waals surface area contributed by atoms with Gasteiger partial charge in [-0.15, -0.1) is 0 Å². The highest BCUT2D eigenvalue weighted by atomic mass is 16.5. The molecule has 0 fully saturated rings. The molecule has 0 radical (unpaired) electrons. The maximum atomic E-state index is 12.3. The Hall–Kier alpha value is -3.02. The highest BCUT2D eigenvalue weighted by Crippen LogP contribution is 2.25. The van der Waals surface area contributed by atoms with Crippen LogP contribution in [0.25, 0.3) is 0 Å². The van der Waals surface area contributed by atoms with Crippen molar-refractivity contribution in [3.8, 4) is 11.5 Å². The van der Waals surface area contributed by atoms with Crippen LogP contribution in [-0.4, -0.2) is 30.2 Å². The molecule has 2 aromatic rings. The van der Waals surface area contributed by atoms with Crippen LogP contribution < -0.4 is 10.1 Å². The molecule has 0 aliphatic heterocycles. The van der Waals surface area contributed by atoms with Gasteiger partial charge in [0, 0.05) is 0 Å². The van der Waals surface area contributed by atoms with Crippen molar-refractivity contribution < 1.29 is 24.2 Å². The van der Waals surface area contributed by atoms with E-state index < -0.39 is 18.0 Å². The summed E-state index contributed by atoms with van der Waals surface area (Å²) >= 11 is 0. The molecule has 1 atom stereocenters. The van der Waals surface area contributed by atoms with Gasteiger partial charge in [0.2, 0.25) is 0 Å². The molecule has 0 unspecified atom stereocenters. The Morgan fingerprint density at radius 1 is 1.08 bits per heavy atom. The van der Waals surface area contributed by atoms with E-state index in [1.54, 1.807) is 25.1 Å². The summed E-state index contributed by atoms with van der Waals surface area (Å²) in [6.45, 7) is 5.14. The Balaban J connectivity index is 2.07. The third-order valence-corrected chi connectivity index (χ3v) is 3.64. The van der Waals surface area contributed by atoms with Crippen LogP contribution >= 0.6 is 0 Å². The van der Waals surface area contributed by atoms with Crippen molar-refractivity contribution in [2.24, 2.45) is 0 Å². The Labute approximate surface area is 146 Å². The largest absolute Gasteiger partial charge is 0.507 e. The lowest BCUT2D eigenvalue weighted by atomic mass is 10.1. The number of aromatic hydroxyl groups is 1. The predicted molar refractivity (Wildman–Crippen MR) is 94.1 cm³/mol. The van der Waals surface area contributed by atoms with Crippen molar-refractivity contribution in [1.29, 1.82) is 0 Å². The molecule has 132 valence electrons. The Morgan fingerprint density at radius 2 is 1.72 bits per heavy atom. The van der Waals surface area contributed by atoms with Gasteiger partial charge in [0.25, 0.3) is 5.91 Å². The topological polar surface area (TPSA) is 84.9 Å². The molecule has 2 N–H and O–H groups in total. The van der Waals surface area contributed by atoms with Gasteiger partial charge in [0.05, 0.1) is 12.8 Å². The minimum Gasteiger partial charge on any atom is -0.507 e. The highest BCUT2D eigenvalue weighted by molar-refractivity contribution is 5.99. The normalized spacial score (nSPS) is 11.5. The summed E-state index contributed by atoms with van der Waals surface area (Å²) in [5.74, 6) is -0.938. The van der Waals surface area contributed by atoms with E-state index in [1.165, 1.54) is 26.2 Å². The molecular weight excluding hydrogens is 322 g/mol. The van der Waals surface area contributed by atoms with E-state index in [9.17, 15) is 14.7 Å². The van der Waals surface area contributed by atoms with Gasteiger partial charge in [0.1, 0.15) is 17.1 Å². The first-order valence-corrected chi connectivity index (χ1v) is 7.78. The SMILES string of the molecule is COc1ccc(C)cc1NC(=O)[C@@H](C)OC(=O)c1ccc(C)cc1O. The van der Waals surface area contributed by atoms with Crippen LogP contribution in [-0.2, 0) is 9.53 Å². The molecule has 0 aliphatic rings. The van der Waals surface area contributed by atoms with Crippen molar-refractivity contribution in [3.05, 3.63) is 53.1 Å². The van der Waals surface area contributed by atoms with Crippen LogP contribution in [0.1, 0.15) is 28.4 Å². The van der Waals surface area contributed by atoms with Crippen LogP contribution in [0.5, 0.6) is 11.5 Å². The van der Waals surface area contributed by atoms with Gasteiger partial charge >= 0.3 is 5.97 Å². The van der Waals surface area contributed by atoms with Crippen LogP contribution in [0, 0.1) is 13.8 Å². The molecule has 0 spiro atoms. The summed E-state index contributed by atoms with van der Waals surface area (Å²) in [6, 6.07) is 9.96. The van der Waals surface area contributed by atoms with Crippen LogP contribution in [0.2, 0.25) is 0 Å². The van der Waals surface area contributed by atoms with Crippen molar-refractivity contribution in [2.45, 2.75) is 26.9 Å². The van der Waals surface area contributed by atoms with E-state index in [1.807, 2.05) is 13.0 Å². The molecule has 0 saturated heterocycles. The third-order valence-electron chi connectivity index (χ3n) is 3.64. The smallest absolute Gasteiger partial charge is 0.342 e. The second kappa shape index (κ2) is 7.70. The summed E-state index contributed by atoms with van der Waals surface area (Å²) in [5.41, 5.74) is 2.27. The van der Waals surface area contributed by atoms with E-state index in [4.69, 9.17) is 9.47 Å². The zero-order valence-electron chi connectivity index (χ0n) is 14.6. The molecule has 2 rings (SSSR count). The first-order valence-electron chi connectivity index (χ1n) is 7.78. The minimum atomic E-state index is -1.04. The van der Waals surface area contributed by atoms with Gasteiger partial charge in [-0.2, -0.15) is 0 Å². The van der Waals surface area contributed by atoms with Crippen LogP contribution in [0.4, 0.5) is 5.69 Å². The molecule has 0 aliphatic carbocycles. The monoisotopic (exact) mass is 343 g/mol. The molecule has 25 heavy (non-hydrogen) atoms. The lowest BCUT2D eigenvalue weighted by Crippen LogP contribution is -2.30. The summed E-state index contributed by atoms with van der Waals surface area (Å²) in [6.07, 6.45) is -1.04. The number of esters is 1. The fourth-order valence-corrected chi connectivity index (χ4v) is 2.25. The van der Waals surface area contributed by atoms with Gasteiger partial charge in [-0.3, -0.25) is 4.79 Å². The zero-order valence-corrected chi connectivity index (χ0v) is 14.6. The number of amides is 1. The molecule has 2 aromatic carbocycles. The van der Waals surface area contributed by atoms with Crippen molar-refractivity contribution in [2.75, 3.05) is 12.4 Å². The molecule has 0 saturated carbocycles. The maximum Gasteiger partial charge on any atom is 0.342 e. The van der Waals surface area contributed by atoms with Crippen molar-refractivity contribution in [3.63, 3.8) is 0 Å². The van der Waals surface area contributed by atoms with Crippen LogP contribution in [0.3, 0.4) is 0 Å². The molecule has 6 heteroatoms. The van der Waals surface area contributed by atoms with E-state index >= 15 is 0 Å². The molecular formula is C19H21NO5. The fourth-order valence-electron chi connectivity index (χ4n) is 2.25. The number of rotatable bonds is 5. The average Bonchev–Trinajstić information content (AvgIpc) is 2.54. The van der Waals surface area contributed by atoms with E-state index in [-0.39, 0.29) is 11.3 Å². The van der Waals surface area contributed by atoms with Gasteiger partial charge in [0.15, 0.2) is 6.10 Å². The standard InChI is InChI=1S/C19H21NO5/c1-11-6-8-17(24-4)15(9-11)20-18(22)13(3)25-19(23)14-7-5-12(2)10-16(14)21/h5-10,13,21H,1-4H3,(H,20,22)/t13-/m1/s1. The number of methoxy groups -OCH3 is 1. The number of phenols is 1. The van der Waals surface area contributed by atoms with Gasteiger partial charge in [-0.1, -0.05) is 12.1 Å². The van der Waals surface area contributed by atoms with E-state index in [2.05, 4.69) is 5.32 Å². The quantitative estimate of drug-likeness (QED) is 0.815. The van der Waals surface area contributed by atoms with Gasteiger partial charge in [-0.25, -0.2) is 4.79 Å². The summed E-state index contributed by atoms with van der Waals surface area (Å²) in [7, 11) is 1.50. The maximum absolute atomic E-state index is 12.3. The zero-order chi connectivity index (χ0) is 18.6. The Morgan fingerprint density at radius 3 is 2.36 bits per heavy atom. The van der Waals surface area contributed by atoms with Crippen molar-refractivity contribution in [1.82, 2.24) is 0 Å². The number of nitrogens with one attached hydrogen (secondary N) is 1. The first-order chi connectivity index (χ1) is 11.8. The second-order valence-electron chi connectivity index (χ2n) is 5.76. The van der Waals surface area contributed by atoms with Crippen LogP contribution in [0.15, 0.2) is 36.4 Å². The number of phenolic OH excluding ortho intramolecular Hbond substituents is 1. The number of hydrogen-bond acceptors (Lipinski definition) is 5. The number of anilines is 1. The highest BCUT2D eigenvalue weighted by Gasteiger charge is 2.22. The summed E-state index contributed by atoms with van der Waals surface area (Å²) in [5, 5.41) is 12.5. The lowest BCUT2D eigenvalue weighted by molar-refractivity contribution is -0.123.